The van der Waals surface area contributed by atoms with Crippen molar-refractivity contribution in [3.63, 3.8) is 0 Å². The van der Waals surface area contributed by atoms with Crippen LogP contribution >= 0.6 is 0 Å². The number of ether oxygens (including phenoxy) is 1. The lowest BCUT2D eigenvalue weighted by atomic mass is 9.86. The first-order valence-corrected chi connectivity index (χ1v) is 11.6. The second kappa shape index (κ2) is 7.77. The molecule has 0 radical (unpaired) electrons. The highest BCUT2D eigenvalue weighted by Gasteiger charge is 2.70. The Morgan fingerprint density at radius 1 is 1.15 bits per heavy atom. The van der Waals surface area contributed by atoms with E-state index in [9.17, 15) is 9.18 Å². The molecule has 1 aromatic heterocycles. The van der Waals surface area contributed by atoms with Crippen LogP contribution in [0.25, 0.3) is 16.6 Å². The third-order valence-electron chi connectivity index (χ3n) is 7.65. The lowest BCUT2D eigenvalue weighted by Crippen LogP contribution is -2.36. The number of methoxy groups -OCH3 is 1. The molecule has 2 heterocycles. The summed E-state index contributed by atoms with van der Waals surface area (Å²) in [7, 11) is 1.56. The van der Waals surface area contributed by atoms with Crippen molar-refractivity contribution >= 4 is 16.8 Å². The van der Waals surface area contributed by atoms with Crippen LogP contribution in [0.5, 0.6) is 0 Å². The normalized spacial score (nSPS) is 23.3. The summed E-state index contributed by atoms with van der Waals surface area (Å²) in [5.41, 5.74) is 5.49. The van der Waals surface area contributed by atoms with Gasteiger partial charge in [0, 0.05) is 36.9 Å². The molecule has 6 rings (SSSR count). The largest absolute Gasteiger partial charge is 0.375 e. The lowest BCUT2D eigenvalue weighted by Gasteiger charge is -2.25. The van der Waals surface area contributed by atoms with Crippen molar-refractivity contribution in [3.8, 4) is 5.69 Å². The fourth-order valence-corrected chi connectivity index (χ4v) is 6.14. The van der Waals surface area contributed by atoms with Crippen LogP contribution in [0.3, 0.4) is 0 Å². The van der Waals surface area contributed by atoms with Gasteiger partial charge < -0.3 is 9.64 Å². The van der Waals surface area contributed by atoms with Crippen LogP contribution in [0.2, 0.25) is 0 Å². The van der Waals surface area contributed by atoms with E-state index in [1.165, 1.54) is 28.8 Å². The molecule has 0 unspecified atom stereocenters. The number of hydrogen-bond acceptors (Lipinski definition) is 3. The molecule has 3 aromatic carbocycles. The summed E-state index contributed by atoms with van der Waals surface area (Å²) in [4.78, 5) is 14.6. The second-order valence-electron chi connectivity index (χ2n) is 9.50. The molecule has 2 fully saturated rings. The van der Waals surface area contributed by atoms with Gasteiger partial charge in [0.15, 0.2) is 0 Å². The fraction of sp³-hybridized carbons (Fsp3) is 0.286. The molecule has 1 saturated carbocycles. The molecule has 3 atom stereocenters. The fourth-order valence-electron chi connectivity index (χ4n) is 6.14. The quantitative estimate of drug-likeness (QED) is 0.442. The van der Waals surface area contributed by atoms with Crippen LogP contribution in [0, 0.1) is 18.7 Å². The number of likely N-dealkylation sites (tertiary alicyclic amines) is 1. The van der Waals surface area contributed by atoms with E-state index in [1.54, 1.807) is 19.2 Å². The molecule has 0 bridgehead atoms. The van der Waals surface area contributed by atoms with Crippen molar-refractivity contribution in [2.45, 2.75) is 18.3 Å². The van der Waals surface area contributed by atoms with E-state index in [1.807, 2.05) is 21.8 Å². The summed E-state index contributed by atoms with van der Waals surface area (Å²) in [5.74, 6) is 0.532. The summed E-state index contributed by atoms with van der Waals surface area (Å²) < 4.78 is 20.4. The van der Waals surface area contributed by atoms with E-state index >= 15 is 0 Å². The number of benzene rings is 3. The first-order valence-electron chi connectivity index (χ1n) is 11.6. The van der Waals surface area contributed by atoms with Crippen molar-refractivity contribution < 1.29 is 13.9 Å². The van der Waals surface area contributed by atoms with Gasteiger partial charge in [-0.1, -0.05) is 30.3 Å². The molecule has 1 saturated heterocycles. The molecule has 1 amide bonds. The van der Waals surface area contributed by atoms with Crippen LogP contribution < -0.4 is 0 Å². The van der Waals surface area contributed by atoms with Crippen LogP contribution in [0.15, 0.2) is 72.9 Å². The van der Waals surface area contributed by atoms with Gasteiger partial charge in [-0.2, -0.15) is 5.10 Å². The number of amides is 1. The minimum absolute atomic E-state index is 0.0451. The third kappa shape index (κ3) is 3.09. The topological polar surface area (TPSA) is 47.4 Å². The predicted molar refractivity (Wildman–Crippen MR) is 129 cm³/mol. The number of aryl methyl sites for hydroxylation is 1. The second-order valence-corrected chi connectivity index (χ2v) is 9.50. The maximum atomic E-state index is 13.4. The summed E-state index contributed by atoms with van der Waals surface area (Å²) in [6.45, 7) is 3.69. The Bertz CT molecular complexity index is 1380. The zero-order valence-electron chi connectivity index (χ0n) is 19.2. The van der Waals surface area contributed by atoms with Gasteiger partial charge in [-0.15, -0.1) is 0 Å². The number of carbonyl (C=O) groups excluding carboxylic acids is 1. The first-order chi connectivity index (χ1) is 16.5. The molecule has 1 aliphatic carbocycles. The van der Waals surface area contributed by atoms with Gasteiger partial charge >= 0.3 is 0 Å². The van der Waals surface area contributed by atoms with Crippen molar-refractivity contribution in [1.29, 1.82) is 0 Å². The number of aromatic nitrogens is 2. The van der Waals surface area contributed by atoms with E-state index in [0.717, 1.165) is 23.1 Å². The standard InChI is InChI=1S/C28H26FN3O2/c1-18-12-25-20(14-30-32(25)22-10-8-21(29)9-11-22)13-23(18)28-17-31(26(33)16-34-2)15-24(28)27(28)19-6-4-3-5-7-19/h3-14,24,27H,15-17H2,1-2H3/t24-,27-,28+/m0/s1. The Morgan fingerprint density at radius 3 is 2.65 bits per heavy atom. The highest BCUT2D eigenvalue weighted by Crippen LogP contribution is 2.69. The minimum Gasteiger partial charge on any atom is -0.375 e. The van der Waals surface area contributed by atoms with Gasteiger partial charge in [0.25, 0.3) is 0 Å². The highest BCUT2D eigenvalue weighted by molar-refractivity contribution is 5.84. The van der Waals surface area contributed by atoms with E-state index in [-0.39, 0.29) is 23.7 Å². The monoisotopic (exact) mass is 455 g/mol. The van der Waals surface area contributed by atoms with Gasteiger partial charge in [-0.05, 0) is 65.9 Å². The van der Waals surface area contributed by atoms with E-state index < -0.39 is 0 Å². The zero-order valence-corrected chi connectivity index (χ0v) is 19.2. The Balaban J connectivity index is 1.44. The molecule has 5 nitrogen and oxygen atoms in total. The average molecular weight is 456 g/mol. The molecule has 0 spiro atoms. The van der Waals surface area contributed by atoms with E-state index in [2.05, 4.69) is 48.4 Å². The Morgan fingerprint density at radius 2 is 1.91 bits per heavy atom. The Kier molecular flexibility index (Phi) is 4.81. The highest BCUT2D eigenvalue weighted by atomic mass is 19.1. The molecule has 172 valence electrons. The molecular weight excluding hydrogens is 429 g/mol. The van der Waals surface area contributed by atoms with Gasteiger partial charge in [-0.25, -0.2) is 9.07 Å². The van der Waals surface area contributed by atoms with Crippen LogP contribution in [-0.2, 0) is 14.9 Å². The lowest BCUT2D eigenvalue weighted by molar-refractivity contribution is -0.134. The van der Waals surface area contributed by atoms with Gasteiger partial charge in [0.05, 0.1) is 17.4 Å². The average Bonchev–Trinajstić information content (AvgIpc) is 3.11. The molecule has 1 aliphatic heterocycles. The van der Waals surface area contributed by atoms with Crippen molar-refractivity contribution in [1.82, 2.24) is 14.7 Å². The predicted octanol–water partition coefficient (Wildman–Crippen LogP) is 4.61. The van der Waals surface area contributed by atoms with Crippen LogP contribution in [-0.4, -0.2) is 47.4 Å². The first kappa shape index (κ1) is 21.1. The van der Waals surface area contributed by atoms with Gasteiger partial charge in [0.2, 0.25) is 5.91 Å². The molecule has 0 N–H and O–H groups in total. The minimum atomic E-state index is -0.265. The summed E-state index contributed by atoms with van der Waals surface area (Å²) in [5, 5.41) is 5.64. The summed E-state index contributed by atoms with van der Waals surface area (Å²) >= 11 is 0. The maximum absolute atomic E-state index is 13.4. The van der Waals surface area contributed by atoms with E-state index in [0.29, 0.717) is 18.4 Å². The number of hydrogen-bond donors (Lipinski definition) is 0. The van der Waals surface area contributed by atoms with Gasteiger partial charge in [0.1, 0.15) is 12.4 Å². The summed E-state index contributed by atoms with van der Waals surface area (Å²) in [6.07, 6.45) is 1.87. The number of carbonyl (C=O) groups is 1. The Hall–Kier alpha value is -3.51. The van der Waals surface area contributed by atoms with Crippen LogP contribution in [0.4, 0.5) is 4.39 Å². The van der Waals surface area contributed by atoms with E-state index in [4.69, 9.17) is 4.74 Å². The van der Waals surface area contributed by atoms with Crippen molar-refractivity contribution in [2.75, 3.05) is 26.8 Å². The molecular formula is C28H26FN3O2. The molecule has 2 aliphatic rings. The number of nitrogens with zero attached hydrogens (tertiary/aromatic N) is 3. The maximum Gasteiger partial charge on any atom is 0.248 e. The number of rotatable bonds is 5. The molecule has 4 aromatic rings. The molecule has 34 heavy (non-hydrogen) atoms. The van der Waals surface area contributed by atoms with Crippen molar-refractivity contribution in [2.24, 2.45) is 5.92 Å². The van der Waals surface area contributed by atoms with Crippen molar-refractivity contribution in [3.05, 3.63) is 95.4 Å². The number of halogens is 1. The van der Waals surface area contributed by atoms with Crippen LogP contribution in [0.1, 0.15) is 22.6 Å². The Labute approximate surface area is 197 Å². The smallest absolute Gasteiger partial charge is 0.248 e. The SMILES string of the molecule is COCC(=O)N1C[C@H]2[C@H](c3ccccc3)[C@@]2(c2cc3cnn(-c4ccc(F)cc4)c3cc2C)C1. The summed E-state index contributed by atoms with van der Waals surface area (Å²) in [6, 6.07) is 21.4. The number of piperidine rings is 1. The van der Waals surface area contributed by atoms with Gasteiger partial charge in [-0.3, -0.25) is 4.79 Å². The number of fused-ring (bicyclic) bond motifs is 2. The molecule has 6 heteroatoms. The third-order valence-corrected chi connectivity index (χ3v) is 7.65. The zero-order chi connectivity index (χ0) is 23.4.